The summed E-state index contributed by atoms with van der Waals surface area (Å²) in [6, 6.07) is 11.6. The molecular weight excluding hydrogens is 474 g/mol. The average Bonchev–Trinajstić information content (AvgIpc) is 3.28. The van der Waals surface area contributed by atoms with Gasteiger partial charge < -0.3 is 14.1 Å². The van der Waals surface area contributed by atoms with Crippen LogP contribution in [0.25, 0.3) is 11.0 Å². The van der Waals surface area contributed by atoms with E-state index >= 15 is 0 Å². The predicted molar refractivity (Wildman–Crippen MR) is 155 cm³/mol. The third-order valence-electron chi connectivity index (χ3n) is 7.31. The summed E-state index contributed by atoms with van der Waals surface area (Å²) in [6.07, 6.45) is 9.69. The summed E-state index contributed by atoms with van der Waals surface area (Å²) in [5.74, 6) is 0.217. The molecule has 0 bridgehead atoms. The van der Waals surface area contributed by atoms with Crippen LogP contribution in [0.15, 0.2) is 40.8 Å². The molecule has 1 heterocycles. The lowest BCUT2D eigenvalue weighted by Crippen LogP contribution is -2.27. The Morgan fingerprint density at radius 2 is 1.47 bits per heavy atom. The molecule has 0 aliphatic carbocycles. The molecule has 0 amide bonds. The van der Waals surface area contributed by atoms with Gasteiger partial charge in [-0.25, -0.2) is 4.79 Å². The van der Waals surface area contributed by atoms with E-state index in [1.54, 1.807) is 6.07 Å². The third-order valence-corrected chi connectivity index (χ3v) is 7.31. The molecule has 206 valence electrons. The van der Waals surface area contributed by atoms with Gasteiger partial charge >= 0.3 is 5.97 Å². The quantitative estimate of drug-likeness (QED) is 0.142. The highest BCUT2D eigenvalue weighted by atomic mass is 16.5. The predicted octanol–water partition coefficient (Wildman–Crippen LogP) is 7.94. The number of ether oxygens (including phenoxy) is 1. The number of rotatable bonds is 16. The topological polar surface area (TPSA) is 59.8 Å². The standard InChI is InChI=1S/C33H45NO4/c1-6-9-14-29-31(28-23-27(33(36)37-5)24(4)22-30(28)38-29)32(35)26-17-15-25(16-18-26)13-12-21-34(19-10-7-2)20-11-8-3/h15-18,22-23H,6-14,19-21H2,1-5H3. The fourth-order valence-corrected chi connectivity index (χ4v) is 4.96. The summed E-state index contributed by atoms with van der Waals surface area (Å²) in [6.45, 7) is 11.9. The van der Waals surface area contributed by atoms with Crippen LogP contribution in [0.1, 0.15) is 109 Å². The molecule has 0 N–H and O–H groups in total. The number of aryl methyl sites for hydroxylation is 3. The van der Waals surface area contributed by atoms with Gasteiger partial charge in [-0.05, 0) is 81.9 Å². The van der Waals surface area contributed by atoms with E-state index in [2.05, 4.69) is 37.8 Å². The van der Waals surface area contributed by atoms with Crippen LogP contribution in [0.4, 0.5) is 0 Å². The van der Waals surface area contributed by atoms with Gasteiger partial charge in [0.25, 0.3) is 0 Å². The molecule has 3 rings (SSSR count). The molecule has 0 aliphatic heterocycles. The number of fused-ring (bicyclic) bond motifs is 1. The van der Waals surface area contributed by atoms with Gasteiger partial charge in [-0.3, -0.25) is 4.79 Å². The number of esters is 1. The first kappa shape index (κ1) is 29.6. The van der Waals surface area contributed by atoms with E-state index in [1.165, 1.54) is 51.4 Å². The van der Waals surface area contributed by atoms with Crippen molar-refractivity contribution in [1.29, 1.82) is 0 Å². The Bertz CT molecular complexity index is 1180. The van der Waals surface area contributed by atoms with Gasteiger partial charge in [0.05, 0.1) is 18.2 Å². The summed E-state index contributed by atoms with van der Waals surface area (Å²) in [5, 5.41) is 0.676. The van der Waals surface area contributed by atoms with Crippen LogP contribution < -0.4 is 0 Å². The van der Waals surface area contributed by atoms with Crippen LogP contribution in [0.3, 0.4) is 0 Å². The van der Waals surface area contributed by atoms with Crippen LogP contribution >= 0.6 is 0 Å². The molecule has 0 unspecified atom stereocenters. The van der Waals surface area contributed by atoms with Crippen molar-refractivity contribution in [3.8, 4) is 0 Å². The third kappa shape index (κ3) is 7.57. The minimum absolute atomic E-state index is 0.0635. The van der Waals surface area contributed by atoms with Crippen molar-refractivity contribution in [2.24, 2.45) is 0 Å². The van der Waals surface area contributed by atoms with E-state index in [-0.39, 0.29) is 5.78 Å². The maximum absolute atomic E-state index is 13.8. The highest BCUT2D eigenvalue weighted by Crippen LogP contribution is 2.32. The van der Waals surface area contributed by atoms with Crippen molar-refractivity contribution >= 4 is 22.7 Å². The Hall–Kier alpha value is -2.92. The lowest BCUT2D eigenvalue weighted by molar-refractivity contribution is 0.0600. The molecule has 0 saturated carbocycles. The molecule has 0 atom stereocenters. The molecule has 2 aromatic carbocycles. The average molecular weight is 520 g/mol. The number of benzene rings is 2. The molecule has 38 heavy (non-hydrogen) atoms. The van der Waals surface area contributed by atoms with Crippen molar-refractivity contribution in [3.63, 3.8) is 0 Å². The number of furan rings is 1. The fraction of sp³-hybridized carbons (Fsp3) is 0.515. The van der Waals surface area contributed by atoms with Crippen molar-refractivity contribution in [2.45, 2.75) is 85.5 Å². The minimum Gasteiger partial charge on any atom is -0.465 e. The molecule has 0 fully saturated rings. The monoisotopic (exact) mass is 519 g/mol. The Labute approximate surface area is 228 Å². The zero-order chi connectivity index (χ0) is 27.5. The SMILES string of the molecule is CCCCc1oc2cc(C)c(C(=O)OC)cc2c1C(=O)c1ccc(CCCN(CCCC)CCCC)cc1. The van der Waals surface area contributed by atoms with Gasteiger partial charge in [-0.1, -0.05) is 64.3 Å². The van der Waals surface area contributed by atoms with Crippen LogP contribution in [0, 0.1) is 6.92 Å². The van der Waals surface area contributed by atoms with Gasteiger partial charge in [-0.2, -0.15) is 0 Å². The van der Waals surface area contributed by atoms with E-state index in [1.807, 2.05) is 25.1 Å². The Kier molecular flexibility index (Phi) is 11.6. The smallest absolute Gasteiger partial charge is 0.338 e. The first-order chi connectivity index (χ1) is 18.4. The zero-order valence-corrected chi connectivity index (χ0v) is 24.0. The maximum Gasteiger partial charge on any atom is 0.338 e. The second-order valence-electron chi connectivity index (χ2n) is 10.3. The number of nitrogens with zero attached hydrogens (tertiary/aromatic N) is 1. The second kappa shape index (κ2) is 14.9. The summed E-state index contributed by atoms with van der Waals surface area (Å²) < 4.78 is 11.1. The molecule has 5 heteroatoms. The number of hydrogen-bond donors (Lipinski definition) is 0. The first-order valence-corrected chi connectivity index (χ1v) is 14.4. The zero-order valence-electron chi connectivity index (χ0n) is 24.0. The largest absolute Gasteiger partial charge is 0.465 e. The second-order valence-corrected chi connectivity index (χ2v) is 10.3. The Balaban J connectivity index is 1.80. The van der Waals surface area contributed by atoms with Gasteiger partial charge in [-0.15, -0.1) is 0 Å². The minimum atomic E-state index is -0.411. The normalized spacial score (nSPS) is 11.4. The molecule has 0 spiro atoms. The Morgan fingerprint density at radius 1 is 0.842 bits per heavy atom. The van der Waals surface area contributed by atoms with Crippen LogP contribution in [-0.4, -0.2) is 43.4 Å². The highest BCUT2D eigenvalue weighted by Gasteiger charge is 2.24. The van der Waals surface area contributed by atoms with Gasteiger partial charge in [0.15, 0.2) is 5.78 Å². The van der Waals surface area contributed by atoms with Crippen LogP contribution in [-0.2, 0) is 17.6 Å². The number of carbonyl (C=O) groups is 2. The summed E-state index contributed by atoms with van der Waals surface area (Å²) in [5.41, 5.74) is 4.32. The number of hydrogen-bond acceptors (Lipinski definition) is 5. The lowest BCUT2D eigenvalue weighted by Gasteiger charge is -2.21. The van der Waals surface area contributed by atoms with E-state index in [4.69, 9.17) is 9.15 Å². The van der Waals surface area contributed by atoms with Crippen LogP contribution in [0.2, 0.25) is 0 Å². The molecular formula is C33H45NO4. The number of ketones is 1. The van der Waals surface area contributed by atoms with E-state index in [0.29, 0.717) is 39.8 Å². The van der Waals surface area contributed by atoms with Crippen molar-refractivity contribution in [1.82, 2.24) is 4.90 Å². The fourth-order valence-electron chi connectivity index (χ4n) is 4.96. The van der Waals surface area contributed by atoms with E-state index in [0.717, 1.165) is 37.8 Å². The lowest BCUT2D eigenvalue weighted by atomic mass is 9.95. The van der Waals surface area contributed by atoms with Crippen molar-refractivity contribution < 1.29 is 18.7 Å². The molecule has 0 aliphatic rings. The summed E-state index contributed by atoms with van der Waals surface area (Å²) in [7, 11) is 1.37. The van der Waals surface area contributed by atoms with E-state index < -0.39 is 5.97 Å². The number of methoxy groups -OCH3 is 1. The molecule has 3 aromatic rings. The first-order valence-electron chi connectivity index (χ1n) is 14.4. The number of carbonyl (C=O) groups excluding carboxylic acids is 2. The summed E-state index contributed by atoms with van der Waals surface area (Å²) in [4.78, 5) is 28.7. The van der Waals surface area contributed by atoms with Crippen molar-refractivity contribution in [3.05, 3.63) is 70.0 Å². The highest BCUT2D eigenvalue weighted by molar-refractivity contribution is 6.17. The van der Waals surface area contributed by atoms with Gasteiger partial charge in [0.1, 0.15) is 11.3 Å². The molecule has 1 aromatic heterocycles. The van der Waals surface area contributed by atoms with E-state index in [9.17, 15) is 9.59 Å². The van der Waals surface area contributed by atoms with Gasteiger partial charge in [0.2, 0.25) is 0 Å². The van der Waals surface area contributed by atoms with Gasteiger partial charge in [0, 0.05) is 17.4 Å². The molecule has 5 nitrogen and oxygen atoms in total. The van der Waals surface area contributed by atoms with Crippen molar-refractivity contribution in [2.75, 3.05) is 26.7 Å². The molecule has 0 saturated heterocycles. The Morgan fingerprint density at radius 3 is 2.08 bits per heavy atom. The van der Waals surface area contributed by atoms with Crippen LogP contribution in [0.5, 0.6) is 0 Å². The number of unbranched alkanes of at least 4 members (excludes halogenated alkanes) is 3. The maximum atomic E-state index is 13.8. The molecule has 0 radical (unpaired) electrons. The summed E-state index contributed by atoms with van der Waals surface area (Å²) >= 11 is 0.